The molecule has 6 heteroatoms. The quantitative estimate of drug-likeness (QED) is 0.311. The summed E-state index contributed by atoms with van der Waals surface area (Å²) < 4.78 is 10.1. The number of carbonyl (C=O) groups is 2. The lowest BCUT2D eigenvalue weighted by Gasteiger charge is -2.05. The van der Waals surface area contributed by atoms with Gasteiger partial charge in [-0.05, 0) is 38.5 Å². The van der Waals surface area contributed by atoms with Crippen LogP contribution in [0.5, 0.6) is 0 Å². The standard InChI is InChI=1S/C18H34O6/c19-13-7-9-15-23-17(21)11-5-3-1-2-4-6-12-18(22)24-16-10-8-14-20/h19-20H,1-16H2. The number of aliphatic hydroxyl groups excluding tert-OH is 2. The van der Waals surface area contributed by atoms with Gasteiger partial charge in [-0.3, -0.25) is 9.59 Å². The third-order valence-corrected chi connectivity index (χ3v) is 3.64. The SMILES string of the molecule is O=C(CCCCCCCCC(=O)OCCCCO)OCCCCO. The molecule has 0 rings (SSSR count). The molecule has 0 bridgehead atoms. The molecule has 0 spiro atoms. The van der Waals surface area contributed by atoms with Crippen molar-refractivity contribution in [1.29, 1.82) is 0 Å². The molecular weight excluding hydrogens is 312 g/mol. The van der Waals surface area contributed by atoms with E-state index in [0.717, 1.165) is 38.5 Å². The van der Waals surface area contributed by atoms with Crippen molar-refractivity contribution in [3.05, 3.63) is 0 Å². The zero-order valence-corrected chi connectivity index (χ0v) is 14.8. The van der Waals surface area contributed by atoms with Crippen molar-refractivity contribution in [2.24, 2.45) is 0 Å². The van der Waals surface area contributed by atoms with Crippen LogP contribution in [0.1, 0.15) is 77.0 Å². The monoisotopic (exact) mass is 346 g/mol. The molecular formula is C18H34O6. The minimum absolute atomic E-state index is 0.138. The maximum absolute atomic E-state index is 11.4. The first-order valence-corrected chi connectivity index (χ1v) is 9.23. The normalized spacial score (nSPS) is 10.6. The first-order valence-electron chi connectivity index (χ1n) is 9.23. The Morgan fingerprint density at radius 3 is 1.29 bits per heavy atom. The highest BCUT2D eigenvalue weighted by atomic mass is 16.5. The van der Waals surface area contributed by atoms with Crippen molar-refractivity contribution in [3.63, 3.8) is 0 Å². The van der Waals surface area contributed by atoms with Gasteiger partial charge >= 0.3 is 11.9 Å². The minimum Gasteiger partial charge on any atom is -0.466 e. The zero-order valence-electron chi connectivity index (χ0n) is 14.8. The topological polar surface area (TPSA) is 93.1 Å². The lowest BCUT2D eigenvalue weighted by atomic mass is 10.1. The highest BCUT2D eigenvalue weighted by molar-refractivity contribution is 5.69. The smallest absolute Gasteiger partial charge is 0.305 e. The Morgan fingerprint density at radius 1 is 0.542 bits per heavy atom. The van der Waals surface area contributed by atoms with Crippen LogP contribution < -0.4 is 0 Å². The second-order valence-electron chi connectivity index (χ2n) is 5.92. The Balaban J connectivity index is 3.24. The molecule has 0 saturated carbocycles. The van der Waals surface area contributed by atoms with E-state index in [2.05, 4.69) is 0 Å². The van der Waals surface area contributed by atoms with Crippen LogP contribution >= 0.6 is 0 Å². The van der Waals surface area contributed by atoms with Crippen molar-refractivity contribution < 1.29 is 29.3 Å². The van der Waals surface area contributed by atoms with E-state index in [1.165, 1.54) is 0 Å². The zero-order chi connectivity index (χ0) is 17.9. The molecule has 24 heavy (non-hydrogen) atoms. The van der Waals surface area contributed by atoms with Gasteiger partial charge < -0.3 is 19.7 Å². The van der Waals surface area contributed by atoms with Gasteiger partial charge in [0.1, 0.15) is 0 Å². The number of esters is 2. The summed E-state index contributed by atoms with van der Waals surface area (Å²) in [5, 5.41) is 17.2. The molecule has 0 saturated heterocycles. The number of unbranched alkanes of at least 4 members (excludes halogenated alkanes) is 7. The molecule has 2 N–H and O–H groups in total. The highest BCUT2D eigenvalue weighted by Crippen LogP contribution is 2.10. The van der Waals surface area contributed by atoms with Crippen molar-refractivity contribution in [2.45, 2.75) is 77.0 Å². The first-order chi connectivity index (χ1) is 11.7. The van der Waals surface area contributed by atoms with Crippen LogP contribution in [0.25, 0.3) is 0 Å². The van der Waals surface area contributed by atoms with E-state index >= 15 is 0 Å². The first kappa shape index (κ1) is 22.9. The lowest BCUT2D eigenvalue weighted by Crippen LogP contribution is -2.06. The summed E-state index contributed by atoms with van der Waals surface area (Å²) in [6.45, 7) is 1.07. The van der Waals surface area contributed by atoms with E-state index in [4.69, 9.17) is 19.7 Å². The molecule has 0 aromatic rings. The Hall–Kier alpha value is -1.14. The number of rotatable bonds is 17. The van der Waals surface area contributed by atoms with Gasteiger partial charge in [0.05, 0.1) is 13.2 Å². The summed E-state index contributed by atoms with van der Waals surface area (Å²) >= 11 is 0. The van der Waals surface area contributed by atoms with E-state index in [9.17, 15) is 9.59 Å². The summed E-state index contributed by atoms with van der Waals surface area (Å²) in [6.07, 6.45) is 9.47. The second kappa shape index (κ2) is 18.2. The summed E-state index contributed by atoms with van der Waals surface area (Å²) in [4.78, 5) is 22.8. The van der Waals surface area contributed by atoms with Gasteiger partial charge in [0.2, 0.25) is 0 Å². The largest absolute Gasteiger partial charge is 0.466 e. The Bertz CT molecular complexity index is 276. The van der Waals surface area contributed by atoms with Gasteiger partial charge in [0.25, 0.3) is 0 Å². The van der Waals surface area contributed by atoms with E-state index in [0.29, 0.717) is 51.7 Å². The molecule has 0 aromatic heterocycles. The fraction of sp³-hybridized carbons (Fsp3) is 0.889. The Labute approximate surface area is 145 Å². The van der Waals surface area contributed by atoms with E-state index < -0.39 is 0 Å². The average Bonchev–Trinajstić information content (AvgIpc) is 2.58. The van der Waals surface area contributed by atoms with Crippen molar-refractivity contribution in [1.82, 2.24) is 0 Å². The van der Waals surface area contributed by atoms with Crippen molar-refractivity contribution >= 4 is 11.9 Å². The van der Waals surface area contributed by atoms with Crippen LogP contribution in [0.2, 0.25) is 0 Å². The maximum Gasteiger partial charge on any atom is 0.305 e. The van der Waals surface area contributed by atoms with Gasteiger partial charge in [0, 0.05) is 26.1 Å². The van der Waals surface area contributed by atoms with Gasteiger partial charge in [-0.15, -0.1) is 0 Å². The Morgan fingerprint density at radius 2 is 0.917 bits per heavy atom. The molecule has 0 amide bonds. The summed E-state index contributed by atoms with van der Waals surface area (Å²) in [5.41, 5.74) is 0. The Kier molecular flexibility index (Phi) is 17.3. The van der Waals surface area contributed by atoms with Crippen LogP contribution in [0, 0.1) is 0 Å². The number of hydrogen-bond donors (Lipinski definition) is 2. The van der Waals surface area contributed by atoms with E-state index in [-0.39, 0.29) is 25.2 Å². The molecule has 0 aliphatic carbocycles. The lowest BCUT2D eigenvalue weighted by molar-refractivity contribution is -0.144. The van der Waals surface area contributed by atoms with E-state index in [1.54, 1.807) is 0 Å². The predicted molar refractivity (Wildman–Crippen MR) is 91.5 cm³/mol. The molecule has 0 aliphatic rings. The highest BCUT2D eigenvalue weighted by Gasteiger charge is 2.04. The molecule has 142 valence electrons. The summed E-state index contributed by atoms with van der Waals surface area (Å²) in [5.74, 6) is -0.311. The molecule has 0 aliphatic heterocycles. The molecule has 6 nitrogen and oxygen atoms in total. The molecule has 0 unspecified atom stereocenters. The summed E-state index contributed by atoms with van der Waals surface area (Å²) in [6, 6.07) is 0. The van der Waals surface area contributed by atoms with Gasteiger partial charge in [-0.1, -0.05) is 25.7 Å². The third-order valence-electron chi connectivity index (χ3n) is 3.64. The molecule has 0 radical (unpaired) electrons. The maximum atomic E-state index is 11.4. The molecule has 0 atom stereocenters. The molecule has 0 aromatic carbocycles. The molecule has 0 heterocycles. The van der Waals surface area contributed by atoms with Crippen molar-refractivity contribution in [2.75, 3.05) is 26.4 Å². The minimum atomic E-state index is -0.156. The number of aliphatic hydroxyl groups is 2. The van der Waals surface area contributed by atoms with Crippen LogP contribution in [-0.4, -0.2) is 48.6 Å². The fourth-order valence-electron chi connectivity index (χ4n) is 2.19. The van der Waals surface area contributed by atoms with Gasteiger partial charge in [-0.25, -0.2) is 0 Å². The van der Waals surface area contributed by atoms with Crippen molar-refractivity contribution in [3.8, 4) is 0 Å². The van der Waals surface area contributed by atoms with E-state index in [1.807, 2.05) is 0 Å². The van der Waals surface area contributed by atoms with Crippen LogP contribution in [0.4, 0.5) is 0 Å². The van der Waals surface area contributed by atoms with Crippen LogP contribution in [-0.2, 0) is 19.1 Å². The van der Waals surface area contributed by atoms with Gasteiger partial charge in [0.15, 0.2) is 0 Å². The predicted octanol–water partition coefficient (Wildman–Crippen LogP) is 2.74. The van der Waals surface area contributed by atoms with Crippen LogP contribution in [0.3, 0.4) is 0 Å². The second-order valence-corrected chi connectivity index (χ2v) is 5.92. The molecule has 0 fully saturated rings. The number of carbonyl (C=O) groups excluding carboxylic acids is 2. The number of ether oxygens (including phenoxy) is 2. The van der Waals surface area contributed by atoms with Gasteiger partial charge in [-0.2, -0.15) is 0 Å². The number of hydrogen-bond acceptors (Lipinski definition) is 6. The summed E-state index contributed by atoms with van der Waals surface area (Å²) in [7, 11) is 0. The average molecular weight is 346 g/mol. The third kappa shape index (κ3) is 17.2. The van der Waals surface area contributed by atoms with Crippen LogP contribution in [0.15, 0.2) is 0 Å². The fourth-order valence-corrected chi connectivity index (χ4v) is 2.19.